The fraction of sp³-hybridized carbons (Fsp3) is 0.778. The van der Waals surface area contributed by atoms with Gasteiger partial charge in [0.25, 0.3) is 0 Å². The Morgan fingerprint density at radius 3 is 2.06 bits per heavy atom. The molecule has 1 fully saturated rings. The van der Waals surface area contributed by atoms with Gasteiger partial charge in [0.1, 0.15) is 5.60 Å². The summed E-state index contributed by atoms with van der Waals surface area (Å²) in [6, 6.07) is 0. The van der Waals surface area contributed by atoms with E-state index in [0.717, 1.165) is 0 Å². The third-order valence-corrected chi connectivity index (χ3v) is 2.89. The van der Waals surface area contributed by atoms with Crippen LogP contribution < -0.4 is 0 Å². The van der Waals surface area contributed by atoms with E-state index in [4.69, 9.17) is 5.11 Å². The van der Waals surface area contributed by atoms with Gasteiger partial charge in [-0.3, -0.25) is 4.79 Å². The average Bonchev–Trinajstić information content (AvgIpc) is 2.17. The molecule has 1 amide bonds. The average molecular weight is 237 g/mol. The molecule has 1 saturated heterocycles. The lowest BCUT2D eigenvalue weighted by Crippen LogP contribution is -2.59. The van der Waals surface area contributed by atoms with Crippen molar-refractivity contribution >= 4 is 11.9 Å². The second kappa shape index (κ2) is 3.97. The standard InChI is InChI=1S/C9H13F2NO4/c1-6(13)12-4-2-8(16,3-5-12)9(10,11)7(14)15/h16H,2-5H2,1H3,(H,14,15). The monoisotopic (exact) mass is 237 g/mol. The van der Waals surface area contributed by atoms with E-state index in [9.17, 15) is 23.5 Å². The molecular formula is C9H13F2NO4. The van der Waals surface area contributed by atoms with Crippen molar-refractivity contribution < 1.29 is 28.6 Å². The summed E-state index contributed by atoms with van der Waals surface area (Å²) in [5.74, 6) is -6.80. The first kappa shape index (κ1) is 12.8. The SMILES string of the molecule is CC(=O)N1CCC(O)(C(F)(F)C(=O)O)CC1. The topological polar surface area (TPSA) is 77.8 Å². The smallest absolute Gasteiger partial charge is 0.377 e. The highest BCUT2D eigenvalue weighted by molar-refractivity contribution is 5.77. The Labute approximate surface area is 90.7 Å². The molecule has 0 aliphatic carbocycles. The molecule has 0 unspecified atom stereocenters. The van der Waals surface area contributed by atoms with Crippen LogP contribution in [-0.4, -0.2) is 51.6 Å². The van der Waals surface area contributed by atoms with Gasteiger partial charge >= 0.3 is 11.9 Å². The fourth-order valence-corrected chi connectivity index (χ4v) is 1.70. The first-order valence-electron chi connectivity index (χ1n) is 4.80. The summed E-state index contributed by atoms with van der Waals surface area (Å²) >= 11 is 0. The molecule has 0 aromatic heterocycles. The number of carbonyl (C=O) groups excluding carboxylic acids is 1. The number of likely N-dealkylation sites (tertiary alicyclic amines) is 1. The highest BCUT2D eigenvalue weighted by Crippen LogP contribution is 2.37. The van der Waals surface area contributed by atoms with Crippen molar-refractivity contribution in [1.29, 1.82) is 0 Å². The second-order valence-electron chi connectivity index (χ2n) is 3.92. The molecule has 5 nitrogen and oxygen atoms in total. The highest BCUT2D eigenvalue weighted by atomic mass is 19.3. The number of halogens is 2. The Bertz CT molecular complexity index is 311. The maximum Gasteiger partial charge on any atom is 0.377 e. The van der Waals surface area contributed by atoms with Gasteiger partial charge in [-0.2, -0.15) is 8.78 Å². The van der Waals surface area contributed by atoms with E-state index >= 15 is 0 Å². The van der Waals surface area contributed by atoms with E-state index in [1.165, 1.54) is 11.8 Å². The van der Waals surface area contributed by atoms with E-state index in [0.29, 0.717) is 0 Å². The quantitative estimate of drug-likeness (QED) is 0.713. The zero-order chi connectivity index (χ0) is 12.6. The molecule has 0 spiro atoms. The van der Waals surface area contributed by atoms with Crippen molar-refractivity contribution in [2.75, 3.05) is 13.1 Å². The Balaban J connectivity index is 2.77. The van der Waals surface area contributed by atoms with Gasteiger partial charge in [0.15, 0.2) is 0 Å². The lowest BCUT2D eigenvalue weighted by atomic mass is 9.85. The molecule has 0 aromatic rings. The number of nitrogens with zero attached hydrogens (tertiary/aromatic N) is 1. The highest BCUT2D eigenvalue weighted by Gasteiger charge is 2.59. The number of hydrogen-bond donors (Lipinski definition) is 2. The normalized spacial score (nSPS) is 20.6. The maximum atomic E-state index is 13.2. The largest absolute Gasteiger partial charge is 0.477 e. The number of alkyl halides is 2. The molecule has 0 bridgehead atoms. The van der Waals surface area contributed by atoms with Gasteiger partial charge in [-0.15, -0.1) is 0 Å². The number of hydrogen-bond acceptors (Lipinski definition) is 3. The minimum absolute atomic E-state index is 0.0608. The van der Waals surface area contributed by atoms with Crippen molar-refractivity contribution in [3.05, 3.63) is 0 Å². The number of carboxylic acid groups (broad SMARTS) is 1. The van der Waals surface area contributed by atoms with Crippen molar-refractivity contribution in [2.45, 2.75) is 31.3 Å². The Morgan fingerprint density at radius 2 is 1.75 bits per heavy atom. The van der Waals surface area contributed by atoms with Crippen LogP contribution in [0.25, 0.3) is 0 Å². The summed E-state index contributed by atoms with van der Waals surface area (Å²) < 4.78 is 26.4. The number of amides is 1. The summed E-state index contributed by atoms with van der Waals surface area (Å²) in [5.41, 5.74) is -2.56. The number of aliphatic hydroxyl groups is 1. The molecule has 1 heterocycles. The molecule has 1 rings (SSSR count). The molecule has 92 valence electrons. The number of rotatable bonds is 2. The van der Waals surface area contributed by atoms with Crippen LogP contribution in [0.4, 0.5) is 8.78 Å². The lowest BCUT2D eigenvalue weighted by molar-refractivity contribution is -0.218. The van der Waals surface area contributed by atoms with Gasteiger partial charge in [-0.1, -0.05) is 0 Å². The molecule has 0 saturated carbocycles. The molecule has 16 heavy (non-hydrogen) atoms. The third-order valence-electron chi connectivity index (χ3n) is 2.89. The van der Waals surface area contributed by atoms with E-state index in [2.05, 4.69) is 0 Å². The van der Waals surface area contributed by atoms with Crippen LogP contribution in [0.1, 0.15) is 19.8 Å². The number of carboxylic acids is 1. The van der Waals surface area contributed by atoms with Crippen LogP contribution in [0.2, 0.25) is 0 Å². The molecule has 2 N–H and O–H groups in total. The van der Waals surface area contributed by atoms with Gasteiger partial charge in [0.2, 0.25) is 5.91 Å². The molecule has 0 aromatic carbocycles. The van der Waals surface area contributed by atoms with Crippen molar-refractivity contribution in [2.24, 2.45) is 0 Å². The van der Waals surface area contributed by atoms with Crippen molar-refractivity contribution in [3.8, 4) is 0 Å². The molecule has 0 radical (unpaired) electrons. The van der Waals surface area contributed by atoms with Crippen molar-refractivity contribution in [1.82, 2.24) is 4.90 Å². The van der Waals surface area contributed by atoms with Gasteiger partial charge in [-0.25, -0.2) is 4.79 Å². The minimum Gasteiger partial charge on any atom is -0.477 e. The predicted octanol–water partition coefficient (Wildman–Crippen LogP) is 0.0797. The summed E-state index contributed by atoms with van der Waals surface area (Å²) in [6.45, 7) is 1.17. The van der Waals surface area contributed by atoms with Crippen molar-refractivity contribution in [3.63, 3.8) is 0 Å². The predicted molar refractivity (Wildman–Crippen MR) is 49.0 cm³/mol. The second-order valence-corrected chi connectivity index (χ2v) is 3.92. The van der Waals surface area contributed by atoms with E-state index in [1.807, 2.05) is 0 Å². The zero-order valence-electron chi connectivity index (χ0n) is 8.74. The van der Waals surface area contributed by atoms with Crippen LogP contribution in [0.3, 0.4) is 0 Å². The maximum absolute atomic E-state index is 13.2. The van der Waals surface area contributed by atoms with Crippen LogP contribution in [0.5, 0.6) is 0 Å². The minimum atomic E-state index is -4.18. The number of aliphatic carboxylic acids is 1. The summed E-state index contributed by atoms with van der Waals surface area (Å²) in [7, 11) is 0. The van der Waals surface area contributed by atoms with Crippen LogP contribution in [0.15, 0.2) is 0 Å². The zero-order valence-corrected chi connectivity index (χ0v) is 8.74. The summed E-state index contributed by atoms with van der Waals surface area (Å²) in [4.78, 5) is 22.6. The lowest BCUT2D eigenvalue weighted by Gasteiger charge is -2.40. The Kier molecular flexibility index (Phi) is 3.18. The first-order valence-corrected chi connectivity index (χ1v) is 4.80. The van der Waals surface area contributed by atoms with E-state index < -0.39 is 30.3 Å². The molecule has 1 aliphatic heterocycles. The third kappa shape index (κ3) is 1.99. The van der Waals surface area contributed by atoms with E-state index in [1.54, 1.807) is 0 Å². The first-order chi connectivity index (χ1) is 7.21. The van der Waals surface area contributed by atoms with Gasteiger partial charge in [0.05, 0.1) is 0 Å². The molecule has 7 heteroatoms. The van der Waals surface area contributed by atoms with Gasteiger partial charge in [0, 0.05) is 32.9 Å². The Morgan fingerprint density at radius 1 is 1.31 bits per heavy atom. The van der Waals surface area contributed by atoms with E-state index in [-0.39, 0.29) is 19.0 Å². The molecule has 1 aliphatic rings. The van der Waals surface area contributed by atoms with Crippen LogP contribution in [0, 0.1) is 0 Å². The molecule has 0 atom stereocenters. The van der Waals surface area contributed by atoms with Crippen LogP contribution >= 0.6 is 0 Å². The van der Waals surface area contributed by atoms with Gasteiger partial charge < -0.3 is 15.1 Å². The molecular weight excluding hydrogens is 224 g/mol. The summed E-state index contributed by atoms with van der Waals surface area (Å²) in [6.07, 6.45) is -0.877. The van der Waals surface area contributed by atoms with Crippen LogP contribution in [-0.2, 0) is 9.59 Å². The van der Waals surface area contributed by atoms with Gasteiger partial charge in [-0.05, 0) is 0 Å². The number of piperidine rings is 1. The summed E-state index contributed by atoms with van der Waals surface area (Å²) in [5, 5.41) is 17.9. The fourth-order valence-electron chi connectivity index (χ4n) is 1.70. The Hall–Kier alpha value is -1.24. The number of carbonyl (C=O) groups is 2.